The Hall–Kier alpha value is -1.83. The summed E-state index contributed by atoms with van der Waals surface area (Å²) >= 11 is 0. The summed E-state index contributed by atoms with van der Waals surface area (Å²) in [6.45, 7) is 5.01. The average molecular weight is 352 g/mol. The first-order valence-corrected chi connectivity index (χ1v) is 10.5. The van der Waals surface area contributed by atoms with Crippen LogP contribution >= 0.6 is 0 Å². The summed E-state index contributed by atoms with van der Waals surface area (Å²) in [6, 6.07) is 12.8. The molecule has 2 nitrogen and oxygen atoms in total. The van der Waals surface area contributed by atoms with E-state index in [1.165, 1.54) is 68.2 Å². The van der Waals surface area contributed by atoms with Gasteiger partial charge >= 0.3 is 0 Å². The highest BCUT2D eigenvalue weighted by molar-refractivity contribution is 5.63. The summed E-state index contributed by atoms with van der Waals surface area (Å²) in [6.07, 6.45) is 13.0. The minimum Gasteiger partial charge on any atom is -0.494 e. The van der Waals surface area contributed by atoms with E-state index in [0.29, 0.717) is 12.5 Å². The molecule has 0 unspecified atom stereocenters. The van der Waals surface area contributed by atoms with Crippen LogP contribution in [0, 0.1) is 5.92 Å². The number of unbranched alkanes of at least 4 members (excludes halogenated alkanes) is 2. The number of nitrogens with zero attached hydrogens (tertiary/aromatic N) is 1. The zero-order valence-corrected chi connectivity index (χ0v) is 16.4. The van der Waals surface area contributed by atoms with Crippen LogP contribution in [-0.2, 0) is 0 Å². The summed E-state index contributed by atoms with van der Waals surface area (Å²) in [7, 11) is 0. The van der Waals surface area contributed by atoms with E-state index in [2.05, 4.69) is 31.2 Å². The second-order valence-electron chi connectivity index (χ2n) is 7.64. The van der Waals surface area contributed by atoms with Crippen LogP contribution < -0.4 is 4.74 Å². The average Bonchev–Trinajstić information content (AvgIpc) is 2.70. The monoisotopic (exact) mass is 351 g/mol. The predicted molar refractivity (Wildman–Crippen MR) is 110 cm³/mol. The molecule has 0 bridgehead atoms. The van der Waals surface area contributed by atoms with Crippen molar-refractivity contribution in [2.75, 3.05) is 6.61 Å². The molecule has 0 aliphatic heterocycles. The highest BCUT2D eigenvalue weighted by Crippen LogP contribution is 2.37. The molecule has 1 saturated carbocycles. The second-order valence-corrected chi connectivity index (χ2v) is 7.64. The van der Waals surface area contributed by atoms with Crippen LogP contribution in [0.4, 0.5) is 0 Å². The van der Waals surface area contributed by atoms with Gasteiger partial charge in [-0.3, -0.25) is 4.98 Å². The number of hydrogen-bond acceptors (Lipinski definition) is 2. The maximum absolute atomic E-state index is 5.52. The summed E-state index contributed by atoms with van der Waals surface area (Å²) in [4.78, 5) is 4.81. The summed E-state index contributed by atoms with van der Waals surface area (Å²) in [5.74, 6) is 2.55. The lowest BCUT2D eigenvalue weighted by Crippen LogP contribution is -2.14. The van der Waals surface area contributed by atoms with Gasteiger partial charge in [-0.2, -0.15) is 0 Å². The second kappa shape index (κ2) is 9.75. The van der Waals surface area contributed by atoms with Crippen LogP contribution in [0.2, 0.25) is 0 Å². The highest BCUT2D eigenvalue weighted by Gasteiger charge is 2.22. The predicted octanol–water partition coefficient (Wildman–Crippen LogP) is 7.00. The Morgan fingerprint density at radius 2 is 1.62 bits per heavy atom. The molecular weight excluding hydrogens is 318 g/mol. The van der Waals surface area contributed by atoms with Crippen molar-refractivity contribution in [1.82, 2.24) is 4.98 Å². The standard InChI is InChI=1S/C24H33NO/c1-3-5-6-7-19-8-10-21(11-9-19)24-17-14-22(18-25-24)20-12-15-23(16-13-20)26-4-2/h12-19,21H,3-11H2,1-2H3. The molecule has 0 amide bonds. The van der Waals surface area contributed by atoms with Gasteiger partial charge in [-0.1, -0.05) is 50.8 Å². The number of benzene rings is 1. The fourth-order valence-electron chi connectivity index (χ4n) is 4.16. The van der Waals surface area contributed by atoms with Crippen LogP contribution in [0.1, 0.15) is 76.8 Å². The molecule has 0 saturated heterocycles. The Kier molecular flexibility index (Phi) is 7.11. The van der Waals surface area contributed by atoms with Crippen LogP contribution in [0.15, 0.2) is 42.6 Å². The molecule has 1 aromatic heterocycles. The van der Waals surface area contributed by atoms with Crippen molar-refractivity contribution in [2.24, 2.45) is 5.92 Å². The first-order chi connectivity index (χ1) is 12.8. The number of pyridine rings is 1. The molecular formula is C24H33NO. The normalized spacial score (nSPS) is 20.1. The van der Waals surface area contributed by atoms with E-state index >= 15 is 0 Å². The third-order valence-electron chi connectivity index (χ3n) is 5.77. The van der Waals surface area contributed by atoms with Crippen LogP contribution in [0.5, 0.6) is 5.75 Å². The highest BCUT2D eigenvalue weighted by atomic mass is 16.5. The molecule has 26 heavy (non-hydrogen) atoms. The molecule has 140 valence electrons. The van der Waals surface area contributed by atoms with E-state index in [9.17, 15) is 0 Å². The molecule has 1 aliphatic carbocycles. The Balaban J connectivity index is 1.55. The quantitative estimate of drug-likeness (QED) is 0.478. The topological polar surface area (TPSA) is 22.1 Å². The lowest BCUT2D eigenvalue weighted by atomic mass is 9.78. The zero-order valence-electron chi connectivity index (χ0n) is 16.4. The van der Waals surface area contributed by atoms with E-state index in [4.69, 9.17) is 9.72 Å². The van der Waals surface area contributed by atoms with Crippen molar-refractivity contribution < 1.29 is 4.74 Å². The number of aromatic nitrogens is 1. The van der Waals surface area contributed by atoms with Crippen LogP contribution in [-0.4, -0.2) is 11.6 Å². The number of hydrogen-bond donors (Lipinski definition) is 0. The summed E-state index contributed by atoms with van der Waals surface area (Å²) < 4.78 is 5.52. The third kappa shape index (κ3) is 5.09. The van der Waals surface area contributed by atoms with Gasteiger partial charge in [-0.15, -0.1) is 0 Å². The first-order valence-electron chi connectivity index (χ1n) is 10.5. The fourth-order valence-corrected chi connectivity index (χ4v) is 4.16. The Morgan fingerprint density at radius 3 is 2.23 bits per heavy atom. The molecule has 1 aliphatic rings. The molecule has 0 radical (unpaired) electrons. The Labute approximate surface area is 159 Å². The largest absolute Gasteiger partial charge is 0.494 e. The Morgan fingerprint density at radius 1 is 0.885 bits per heavy atom. The van der Waals surface area contributed by atoms with E-state index in [1.807, 2.05) is 25.3 Å². The summed E-state index contributed by atoms with van der Waals surface area (Å²) in [5, 5.41) is 0. The molecule has 2 heteroatoms. The minimum absolute atomic E-state index is 0.659. The van der Waals surface area contributed by atoms with Gasteiger partial charge in [0.15, 0.2) is 0 Å². The van der Waals surface area contributed by atoms with Crippen molar-refractivity contribution >= 4 is 0 Å². The third-order valence-corrected chi connectivity index (χ3v) is 5.77. The van der Waals surface area contributed by atoms with Gasteiger partial charge in [0.05, 0.1) is 6.61 Å². The smallest absolute Gasteiger partial charge is 0.119 e. The van der Waals surface area contributed by atoms with Crippen molar-refractivity contribution in [2.45, 2.75) is 71.1 Å². The Bertz CT molecular complexity index is 639. The SMILES string of the molecule is CCCCCC1CCC(c2ccc(-c3ccc(OCC)cc3)cn2)CC1. The minimum atomic E-state index is 0.659. The molecule has 0 spiro atoms. The fraction of sp³-hybridized carbons (Fsp3) is 0.542. The van der Waals surface area contributed by atoms with E-state index < -0.39 is 0 Å². The van der Waals surface area contributed by atoms with Gasteiger partial charge in [-0.25, -0.2) is 0 Å². The van der Waals surface area contributed by atoms with E-state index in [1.54, 1.807) is 0 Å². The van der Waals surface area contributed by atoms with Crippen LogP contribution in [0.3, 0.4) is 0 Å². The maximum atomic E-state index is 5.52. The van der Waals surface area contributed by atoms with Gasteiger partial charge in [-0.05, 0) is 62.3 Å². The van der Waals surface area contributed by atoms with Gasteiger partial charge in [0.1, 0.15) is 5.75 Å². The lowest BCUT2D eigenvalue weighted by molar-refractivity contribution is 0.300. The first kappa shape index (κ1) is 18.9. The van der Waals surface area contributed by atoms with Gasteiger partial charge in [0.25, 0.3) is 0 Å². The van der Waals surface area contributed by atoms with Crippen molar-refractivity contribution in [3.63, 3.8) is 0 Å². The van der Waals surface area contributed by atoms with Gasteiger partial charge in [0.2, 0.25) is 0 Å². The lowest BCUT2D eigenvalue weighted by Gasteiger charge is -2.28. The molecule has 2 aromatic rings. The number of rotatable bonds is 8. The maximum Gasteiger partial charge on any atom is 0.119 e. The van der Waals surface area contributed by atoms with Gasteiger partial charge in [0, 0.05) is 23.4 Å². The van der Waals surface area contributed by atoms with Gasteiger partial charge < -0.3 is 4.74 Å². The molecule has 1 aromatic carbocycles. The molecule has 0 N–H and O–H groups in total. The van der Waals surface area contributed by atoms with Crippen molar-refractivity contribution in [1.29, 1.82) is 0 Å². The molecule has 1 fully saturated rings. The molecule has 0 atom stereocenters. The van der Waals surface area contributed by atoms with Crippen molar-refractivity contribution in [3.05, 3.63) is 48.3 Å². The molecule has 3 rings (SSSR count). The van der Waals surface area contributed by atoms with E-state index in [-0.39, 0.29) is 0 Å². The number of ether oxygens (including phenoxy) is 1. The van der Waals surface area contributed by atoms with Crippen molar-refractivity contribution in [3.8, 4) is 16.9 Å². The van der Waals surface area contributed by atoms with Crippen LogP contribution in [0.25, 0.3) is 11.1 Å². The zero-order chi connectivity index (χ0) is 18.2. The molecule has 1 heterocycles. The van der Waals surface area contributed by atoms with E-state index in [0.717, 1.165) is 11.7 Å². The summed E-state index contributed by atoms with van der Waals surface area (Å²) in [5.41, 5.74) is 3.67.